The van der Waals surface area contributed by atoms with Crippen LogP contribution in [0.1, 0.15) is 30.5 Å². The Morgan fingerprint density at radius 1 is 0.718 bits per heavy atom. The Labute approximate surface area is 229 Å². The van der Waals surface area contributed by atoms with Crippen LogP contribution >= 0.6 is 0 Å². The van der Waals surface area contributed by atoms with Crippen LogP contribution in [0, 0.1) is 0 Å². The molecule has 1 aliphatic rings. The lowest BCUT2D eigenvalue weighted by molar-refractivity contribution is -0.283. The van der Waals surface area contributed by atoms with Gasteiger partial charge in [-0.05, 0) is 16.7 Å². The molecule has 1 unspecified atom stereocenters. The summed E-state index contributed by atoms with van der Waals surface area (Å²) in [5.41, 5.74) is 2.94. The van der Waals surface area contributed by atoms with E-state index in [1.807, 2.05) is 91.0 Å². The van der Waals surface area contributed by atoms with Crippen molar-refractivity contribution in [1.29, 1.82) is 0 Å². The molecule has 4 rings (SSSR count). The molecule has 8 heteroatoms. The Morgan fingerprint density at radius 2 is 1.21 bits per heavy atom. The van der Waals surface area contributed by atoms with Gasteiger partial charge in [0, 0.05) is 13.8 Å². The van der Waals surface area contributed by atoms with Crippen molar-refractivity contribution < 1.29 is 33.3 Å². The van der Waals surface area contributed by atoms with Crippen molar-refractivity contribution in [2.45, 2.75) is 64.3 Å². The number of nitrogens with one attached hydrogen (secondary N) is 1. The minimum atomic E-state index is -1.09. The van der Waals surface area contributed by atoms with Crippen molar-refractivity contribution in [3.63, 3.8) is 0 Å². The van der Waals surface area contributed by atoms with Crippen LogP contribution in [0.5, 0.6) is 0 Å². The monoisotopic (exact) mass is 533 g/mol. The molecule has 1 amide bonds. The topological polar surface area (TPSA) is 92.3 Å². The van der Waals surface area contributed by atoms with Crippen LogP contribution in [0.4, 0.5) is 0 Å². The Bertz CT molecular complexity index is 1160. The van der Waals surface area contributed by atoms with Crippen molar-refractivity contribution in [3.05, 3.63) is 108 Å². The van der Waals surface area contributed by atoms with E-state index in [0.29, 0.717) is 13.2 Å². The van der Waals surface area contributed by atoms with Crippen molar-refractivity contribution in [1.82, 2.24) is 5.32 Å². The van der Waals surface area contributed by atoms with E-state index in [-0.39, 0.29) is 19.1 Å². The predicted octanol–water partition coefficient (Wildman–Crippen LogP) is 4.17. The van der Waals surface area contributed by atoms with Gasteiger partial charge in [0.25, 0.3) is 0 Å². The molecule has 3 aromatic carbocycles. The number of esters is 1. The molecular weight excluding hydrogens is 498 g/mol. The molecule has 0 saturated carbocycles. The molecule has 0 radical (unpaired) electrons. The van der Waals surface area contributed by atoms with Gasteiger partial charge in [-0.25, -0.2) is 0 Å². The Balaban J connectivity index is 1.60. The molecule has 0 aromatic heterocycles. The lowest BCUT2D eigenvalue weighted by Gasteiger charge is -2.45. The summed E-state index contributed by atoms with van der Waals surface area (Å²) in [6, 6.07) is 28.5. The van der Waals surface area contributed by atoms with Gasteiger partial charge in [0.2, 0.25) is 12.2 Å². The van der Waals surface area contributed by atoms with E-state index in [1.54, 1.807) is 0 Å². The molecule has 5 atom stereocenters. The first kappa shape index (κ1) is 28.4. The van der Waals surface area contributed by atoms with Gasteiger partial charge in [0.05, 0.1) is 26.4 Å². The van der Waals surface area contributed by atoms with E-state index >= 15 is 0 Å². The molecule has 1 fully saturated rings. The number of carbonyl (C=O) groups excluding carboxylic acids is 2. The fourth-order valence-electron chi connectivity index (χ4n) is 4.49. The largest absolute Gasteiger partial charge is 0.434 e. The Kier molecular flexibility index (Phi) is 10.6. The van der Waals surface area contributed by atoms with E-state index in [1.165, 1.54) is 13.8 Å². The van der Waals surface area contributed by atoms with Gasteiger partial charge in [-0.1, -0.05) is 91.0 Å². The number of benzene rings is 3. The second kappa shape index (κ2) is 14.6. The highest BCUT2D eigenvalue weighted by molar-refractivity contribution is 5.73. The first-order chi connectivity index (χ1) is 19.0. The summed E-state index contributed by atoms with van der Waals surface area (Å²) in [6.45, 7) is 3.78. The molecule has 1 saturated heterocycles. The highest BCUT2D eigenvalue weighted by Gasteiger charge is 2.49. The zero-order valence-electron chi connectivity index (χ0n) is 22.2. The molecule has 8 nitrogen and oxygen atoms in total. The number of hydrogen-bond donors (Lipinski definition) is 1. The van der Waals surface area contributed by atoms with Crippen LogP contribution in [-0.2, 0) is 53.1 Å². The van der Waals surface area contributed by atoms with Crippen LogP contribution in [-0.4, -0.2) is 49.1 Å². The summed E-state index contributed by atoms with van der Waals surface area (Å²) in [6.07, 6.45) is -3.09. The Morgan fingerprint density at radius 3 is 1.69 bits per heavy atom. The number of ether oxygens (including phenoxy) is 5. The van der Waals surface area contributed by atoms with Crippen LogP contribution in [0.3, 0.4) is 0 Å². The molecule has 1 N–H and O–H groups in total. The smallest absolute Gasteiger partial charge is 0.305 e. The number of amides is 1. The SMILES string of the molecule is CC(=O)N[C@H]1C(OC(C)=O)O[C@H](COCc2ccccc2)[C@@H](OCc2ccccc2)[C@@H]1OCc1ccccc1. The minimum Gasteiger partial charge on any atom is -0.434 e. The average molecular weight is 534 g/mol. The lowest BCUT2D eigenvalue weighted by Crippen LogP contribution is -2.66. The molecule has 206 valence electrons. The van der Waals surface area contributed by atoms with E-state index < -0.39 is 36.6 Å². The second-order valence-corrected chi connectivity index (χ2v) is 9.40. The van der Waals surface area contributed by atoms with Crippen molar-refractivity contribution in [2.24, 2.45) is 0 Å². The summed E-state index contributed by atoms with van der Waals surface area (Å²) in [5.74, 6) is -0.848. The zero-order valence-corrected chi connectivity index (χ0v) is 22.2. The third-order valence-electron chi connectivity index (χ3n) is 6.26. The lowest BCUT2D eigenvalue weighted by atomic mass is 9.95. The molecule has 0 spiro atoms. The maximum absolute atomic E-state index is 12.2. The standard InChI is InChI=1S/C31H35NO7/c1-22(33)32-28-30(37-20-26-16-10-5-11-17-26)29(36-19-25-14-8-4-9-15-25)27(39-31(28)38-23(2)34)21-35-18-24-12-6-3-7-13-24/h3-17,27-31H,18-21H2,1-2H3,(H,32,33)/t27-,28-,29-,30-,31?/m1/s1. The van der Waals surface area contributed by atoms with Crippen LogP contribution in [0.25, 0.3) is 0 Å². The average Bonchev–Trinajstić information content (AvgIpc) is 2.94. The zero-order chi connectivity index (χ0) is 27.5. The molecular formula is C31H35NO7. The first-order valence-corrected chi connectivity index (χ1v) is 13.0. The van der Waals surface area contributed by atoms with Gasteiger partial charge in [-0.15, -0.1) is 0 Å². The summed E-state index contributed by atoms with van der Waals surface area (Å²) >= 11 is 0. The third-order valence-corrected chi connectivity index (χ3v) is 6.26. The summed E-state index contributed by atoms with van der Waals surface area (Å²) in [7, 11) is 0. The fourth-order valence-corrected chi connectivity index (χ4v) is 4.49. The van der Waals surface area contributed by atoms with Gasteiger partial charge in [0.15, 0.2) is 0 Å². The maximum atomic E-state index is 12.2. The van der Waals surface area contributed by atoms with Gasteiger partial charge in [0.1, 0.15) is 24.4 Å². The van der Waals surface area contributed by atoms with Crippen molar-refractivity contribution >= 4 is 11.9 Å². The van der Waals surface area contributed by atoms with Crippen LogP contribution in [0.2, 0.25) is 0 Å². The van der Waals surface area contributed by atoms with Gasteiger partial charge in [-0.3, -0.25) is 9.59 Å². The maximum Gasteiger partial charge on any atom is 0.305 e. The van der Waals surface area contributed by atoms with E-state index in [0.717, 1.165) is 16.7 Å². The summed E-state index contributed by atoms with van der Waals surface area (Å²) in [5, 5.41) is 2.87. The van der Waals surface area contributed by atoms with Crippen LogP contribution in [0.15, 0.2) is 91.0 Å². The molecule has 39 heavy (non-hydrogen) atoms. The second-order valence-electron chi connectivity index (χ2n) is 9.40. The molecule has 1 heterocycles. The number of carbonyl (C=O) groups is 2. The van der Waals surface area contributed by atoms with E-state index in [9.17, 15) is 9.59 Å². The van der Waals surface area contributed by atoms with E-state index in [4.69, 9.17) is 23.7 Å². The van der Waals surface area contributed by atoms with Gasteiger partial charge >= 0.3 is 5.97 Å². The predicted molar refractivity (Wildman–Crippen MR) is 144 cm³/mol. The molecule has 0 aliphatic carbocycles. The fraction of sp³-hybridized carbons (Fsp3) is 0.355. The first-order valence-electron chi connectivity index (χ1n) is 13.0. The number of rotatable bonds is 12. The molecule has 0 bridgehead atoms. The van der Waals surface area contributed by atoms with Gasteiger partial charge in [-0.2, -0.15) is 0 Å². The third kappa shape index (κ3) is 8.73. The Hall–Kier alpha value is -3.56. The highest BCUT2D eigenvalue weighted by Crippen LogP contribution is 2.29. The minimum absolute atomic E-state index is 0.157. The van der Waals surface area contributed by atoms with E-state index in [2.05, 4.69) is 5.32 Å². The van der Waals surface area contributed by atoms with Gasteiger partial charge < -0.3 is 29.0 Å². The summed E-state index contributed by atoms with van der Waals surface area (Å²) in [4.78, 5) is 24.2. The normalized spacial score (nSPS) is 22.7. The quantitative estimate of drug-likeness (QED) is 0.350. The highest BCUT2D eigenvalue weighted by atomic mass is 16.7. The van der Waals surface area contributed by atoms with Crippen molar-refractivity contribution in [3.8, 4) is 0 Å². The number of hydrogen-bond acceptors (Lipinski definition) is 7. The molecule has 3 aromatic rings. The van der Waals surface area contributed by atoms with Crippen LogP contribution < -0.4 is 5.32 Å². The van der Waals surface area contributed by atoms with Crippen molar-refractivity contribution in [2.75, 3.05) is 6.61 Å². The molecule has 1 aliphatic heterocycles. The summed E-state index contributed by atoms with van der Waals surface area (Å²) < 4.78 is 30.7.